The molecule has 132 valence electrons. The van der Waals surface area contributed by atoms with Crippen LogP contribution in [0.1, 0.15) is 32.6 Å². The lowest BCUT2D eigenvalue weighted by molar-refractivity contribution is -0.0797. The van der Waals surface area contributed by atoms with E-state index in [4.69, 9.17) is 9.72 Å². The summed E-state index contributed by atoms with van der Waals surface area (Å²) in [6.45, 7) is 7.96. The molecule has 5 nitrogen and oxygen atoms in total. The molecule has 7 heteroatoms. The Bertz CT molecular complexity index is 922. The summed E-state index contributed by atoms with van der Waals surface area (Å²) in [4.78, 5) is 24.8. The van der Waals surface area contributed by atoms with Gasteiger partial charge in [0, 0.05) is 28.9 Å². The van der Waals surface area contributed by atoms with Crippen LogP contribution in [0.4, 0.5) is 0 Å². The van der Waals surface area contributed by atoms with Crippen molar-refractivity contribution in [3.63, 3.8) is 0 Å². The molecule has 0 aliphatic carbocycles. The topological polar surface area (TPSA) is 58.2 Å². The average Bonchev–Trinajstić information content (AvgIpc) is 3.22. The van der Waals surface area contributed by atoms with Crippen molar-refractivity contribution >= 4 is 32.9 Å². The molecule has 4 rings (SSSR count). The minimum Gasteiger partial charge on any atom is -0.373 e. The number of thiophene rings is 2. The van der Waals surface area contributed by atoms with Crippen LogP contribution in [0, 0.1) is 0 Å². The fourth-order valence-corrected chi connectivity index (χ4v) is 5.25. The highest BCUT2D eigenvalue weighted by atomic mass is 32.1. The summed E-state index contributed by atoms with van der Waals surface area (Å²) in [5.41, 5.74) is 0.933. The van der Waals surface area contributed by atoms with Crippen LogP contribution in [-0.4, -0.2) is 40.2 Å². The van der Waals surface area contributed by atoms with Gasteiger partial charge in [-0.15, -0.1) is 22.7 Å². The van der Waals surface area contributed by atoms with Crippen LogP contribution < -0.4 is 5.56 Å². The van der Waals surface area contributed by atoms with Crippen LogP contribution in [-0.2, 0) is 4.74 Å². The van der Waals surface area contributed by atoms with Gasteiger partial charge in [-0.05, 0) is 32.2 Å². The summed E-state index contributed by atoms with van der Waals surface area (Å²) >= 11 is 3.18. The lowest BCUT2D eigenvalue weighted by Gasteiger charge is -2.38. The van der Waals surface area contributed by atoms with Crippen LogP contribution in [0.5, 0.6) is 0 Å². The molecule has 1 N–H and O–H groups in total. The fourth-order valence-electron chi connectivity index (χ4n) is 3.48. The van der Waals surface area contributed by atoms with Gasteiger partial charge in [0.1, 0.15) is 10.7 Å². The summed E-state index contributed by atoms with van der Waals surface area (Å²) in [6, 6.07) is 4.10. The van der Waals surface area contributed by atoms with E-state index in [1.165, 1.54) is 11.3 Å². The molecule has 1 saturated heterocycles. The molecule has 25 heavy (non-hydrogen) atoms. The molecular formula is C18H21N3O2S2. The van der Waals surface area contributed by atoms with Crippen LogP contribution in [0.2, 0.25) is 0 Å². The molecule has 1 fully saturated rings. The molecule has 0 aromatic carbocycles. The number of hydrogen-bond acceptors (Lipinski definition) is 6. The molecule has 0 spiro atoms. The molecule has 0 saturated carbocycles. The molecular weight excluding hydrogens is 354 g/mol. The summed E-state index contributed by atoms with van der Waals surface area (Å²) in [5, 5.41) is 4.76. The van der Waals surface area contributed by atoms with E-state index >= 15 is 0 Å². The number of nitrogens with zero attached hydrogens (tertiary/aromatic N) is 2. The van der Waals surface area contributed by atoms with Gasteiger partial charge >= 0.3 is 0 Å². The van der Waals surface area contributed by atoms with Crippen molar-refractivity contribution < 1.29 is 4.74 Å². The summed E-state index contributed by atoms with van der Waals surface area (Å²) in [7, 11) is 0. The van der Waals surface area contributed by atoms with E-state index in [1.807, 2.05) is 22.9 Å². The monoisotopic (exact) mass is 375 g/mol. The van der Waals surface area contributed by atoms with Gasteiger partial charge in [-0.2, -0.15) is 0 Å². The summed E-state index contributed by atoms with van der Waals surface area (Å²) in [6.07, 6.45) is 0.377. The Labute approximate surface area is 154 Å². The Balaban J connectivity index is 1.71. The molecule has 0 unspecified atom stereocenters. The van der Waals surface area contributed by atoms with Gasteiger partial charge in [0.25, 0.3) is 5.56 Å². The van der Waals surface area contributed by atoms with Crippen LogP contribution in [0.15, 0.2) is 27.7 Å². The van der Waals surface area contributed by atoms with Crippen molar-refractivity contribution in [3.8, 4) is 10.4 Å². The first kappa shape index (κ1) is 16.9. The van der Waals surface area contributed by atoms with Crippen molar-refractivity contribution in [2.75, 3.05) is 13.1 Å². The van der Waals surface area contributed by atoms with Crippen LogP contribution in [0.3, 0.4) is 0 Å². The average molecular weight is 376 g/mol. The van der Waals surface area contributed by atoms with E-state index in [-0.39, 0.29) is 23.8 Å². The van der Waals surface area contributed by atoms with Gasteiger partial charge in [-0.1, -0.05) is 6.07 Å². The lowest BCUT2D eigenvalue weighted by atomic mass is 10.1. The highest BCUT2D eigenvalue weighted by Crippen LogP contribution is 2.34. The highest BCUT2D eigenvalue weighted by Gasteiger charge is 2.28. The number of hydrogen-bond donors (Lipinski definition) is 1. The van der Waals surface area contributed by atoms with Crippen molar-refractivity contribution in [3.05, 3.63) is 39.1 Å². The zero-order valence-electron chi connectivity index (χ0n) is 14.5. The standard InChI is InChI=1S/C18H21N3O2S2/c1-10-7-21(8-11(2)23-10)12(3)16-19-17(22)15-13(9-25-18(15)20-16)14-5-4-6-24-14/h4-6,9-12H,7-8H2,1-3H3,(H,19,20,22)/t10-,11+,12-/m0/s1. The van der Waals surface area contributed by atoms with Gasteiger partial charge < -0.3 is 9.72 Å². The van der Waals surface area contributed by atoms with Crippen LogP contribution in [0.25, 0.3) is 20.7 Å². The molecule has 3 aromatic heterocycles. The van der Waals surface area contributed by atoms with E-state index in [0.29, 0.717) is 5.39 Å². The zero-order chi connectivity index (χ0) is 17.6. The second-order valence-corrected chi connectivity index (χ2v) is 8.45. The van der Waals surface area contributed by atoms with Gasteiger partial charge in [0.15, 0.2) is 0 Å². The van der Waals surface area contributed by atoms with E-state index in [1.54, 1.807) is 11.3 Å². The third-order valence-corrected chi connectivity index (χ3v) is 6.42. The summed E-state index contributed by atoms with van der Waals surface area (Å²) in [5.74, 6) is 0.735. The van der Waals surface area contributed by atoms with Crippen molar-refractivity contribution in [1.29, 1.82) is 0 Å². The Morgan fingerprint density at radius 2 is 2.08 bits per heavy atom. The summed E-state index contributed by atoms with van der Waals surface area (Å²) < 4.78 is 5.81. The molecule has 3 atom stereocenters. The fraction of sp³-hybridized carbons (Fsp3) is 0.444. The van der Waals surface area contributed by atoms with Crippen molar-refractivity contribution in [2.45, 2.75) is 39.0 Å². The van der Waals surface area contributed by atoms with E-state index in [2.05, 4.69) is 30.7 Å². The Hall–Kier alpha value is -1.54. The number of H-pyrrole nitrogens is 1. The Kier molecular flexibility index (Phi) is 4.49. The Morgan fingerprint density at radius 1 is 1.32 bits per heavy atom. The van der Waals surface area contributed by atoms with Gasteiger partial charge in [-0.3, -0.25) is 9.69 Å². The van der Waals surface area contributed by atoms with E-state index in [0.717, 1.165) is 34.2 Å². The normalized spacial score (nSPS) is 23.2. The van der Waals surface area contributed by atoms with Crippen molar-refractivity contribution in [2.24, 2.45) is 0 Å². The van der Waals surface area contributed by atoms with Gasteiger partial charge in [0.2, 0.25) is 0 Å². The number of rotatable bonds is 3. The third-order valence-electron chi connectivity index (χ3n) is 4.64. The number of ether oxygens (including phenoxy) is 1. The number of aromatic amines is 1. The first-order valence-corrected chi connectivity index (χ1v) is 10.2. The molecule has 4 heterocycles. The maximum atomic E-state index is 12.8. The predicted octanol–water partition coefficient (Wildman–Crippen LogP) is 3.88. The molecule has 3 aromatic rings. The van der Waals surface area contributed by atoms with E-state index in [9.17, 15) is 4.79 Å². The highest BCUT2D eigenvalue weighted by molar-refractivity contribution is 7.18. The smallest absolute Gasteiger partial charge is 0.260 e. The van der Waals surface area contributed by atoms with Gasteiger partial charge in [0.05, 0.1) is 23.6 Å². The second-order valence-electron chi connectivity index (χ2n) is 6.65. The molecule has 1 aliphatic rings. The maximum absolute atomic E-state index is 12.8. The molecule has 1 aliphatic heterocycles. The quantitative estimate of drug-likeness (QED) is 0.755. The van der Waals surface area contributed by atoms with E-state index < -0.39 is 0 Å². The molecule has 0 bridgehead atoms. The zero-order valence-corrected chi connectivity index (χ0v) is 16.1. The minimum absolute atomic E-state index is 0.0501. The first-order valence-electron chi connectivity index (χ1n) is 8.47. The SMILES string of the molecule is C[C@@H]1CN([C@@H](C)c2nc3scc(-c4cccs4)c3c(=O)[nH]2)C[C@H](C)O1. The van der Waals surface area contributed by atoms with Crippen LogP contribution >= 0.6 is 22.7 Å². The molecule has 0 radical (unpaired) electrons. The minimum atomic E-state index is -0.0501. The number of nitrogens with one attached hydrogen (secondary N) is 1. The number of morpholine rings is 1. The molecule has 0 amide bonds. The lowest BCUT2D eigenvalue weighted by Crippen LogP contribution is -2.46. The third kappa shape index (κ3) is 3.17. The maximum Gasteiger partial charge on any atom is 0.260 e. The first-order chi connectivity index (χ1) is 12.0. The predicted molar refractivity (Wildman–Crippen MR) is 104 cm³/mol. The van der Waals surface area contributed by atoms with Gasteiger partial charge in [-0.25, -0.2) is 4.98 Å². The number of aromatic nitrogens is 2. The Morgan fingerprint density at radius 3 is 2.76 bits per heavy atom. The second kappa shape index (κ2) is 6.64. The largest absolute Gasteiger partial charge is 0.373 e. The van der Waals surface area contributed by atoms with Crippen molar-refractivity contribution in [1.82, 2.24) is 14.9 Å². The number of fused-ring (bicyclic) bond motifs is 1.